The number of fused-ring (bicyclic) bond motifs is 3. The maximum absolute atomic E-state index is 13.6. The summed E-state index contributed by atoms with van der Waals surface area (Å²) in [4.78, 5) is 26.2. The fourth-order valence-electron chi connectivity index (χ4n) is 4.88. The molecular weight excluding hydrogens is 458 g/mol. The molecule has 0 bridgehead atoms. The molecule has 0 amide bonds. The highest BCUT2D eigenvalue weighted by molar-refractivity contribution is 5.94. The minimum Gasteiger partial charge on any atom is -0.459 e. The van der Waals surface area contributed by atoms with Gasteiger partial charge in [0.2, 0.25) is 0 Å². The molecule has 1 atom stereocenters. The van der Waals surface area contributed by atoms with Crippen LogP contribution in [0.2, 0.25) is 0 Å². The number of nitrogens with one attached hydrogen (secondary N) is 1. The van der Waals surface area contributed by atoms with Gasteiger partial charge in [-0.15, -0.1) is 0 Å². The monoisotopic (exact) mass is 495 g/mol. The Morgan fingerprint density at radius 3 is 1.84 bits per heavy atom. The third kappa shape index (κ3) is 5.45. The van der Waals surface area contributed by atoms with Crippen molar-refractivity contribution in [3.8, 4) is 11.1 Å². The molecule has 1 N–H and O–H groups in total. The number of carbonyl (C=O) groups is 2. The Kier molecular flexibility index (Phi) is 7.25. The van der Waals surface area contributed by atoms with E-state index in [1.54, 1.807) is 12.2 Å². The summed E-state index contributed by atoms with van der Waals surface area (Å²) >= 11 is 0. The molecule has 0 heterocycles. The molecule has 0 spiro atoms. The Morgan fingerprint density at radius 2 is 1.32 bits per heavy atom. The van der Waals surface area contributed by atoms with Crippen molar-refractivity contribution in [1.29, 1.82) is 0 Å². The summed E-state index contributed by atoms with van der Waals surface area (Å²) in [5.41, 5.74) is 3.59. The molecule has 4 heteroatoms. The lowest BCUT2D eigenvalue weighted by Crippen LogP contribution is -2.52. The van der Waals surface area contributed by atoms with Crippen molar-refractivity contribution < 1.29 is 14.3 Å². The van der Waals surface area contributed by atoms with Crippen LogP contribution < -0.4 is 5.32 Å². The van der Waals surface area contributed by atoms with E-state index in [2.05, 4.69) is 41.7 Å². The molecule has 4 nitrogen and oxygen atoms in total. The molecule has 0 aromatic heterocycles. The summed E-state index contributed by atoms with van der Waals surface area (Å²) in [5, 5.41) is 3.76. The zero-order valence-electron chi connectivity index (χ0n) is 22.7. The molecule has 0 unspecified atom stereocenters. The van der Waals surface area contributed by atoms with Gasteiger partial charge in [-0.25, -0.2) is 0 Å². The zero-order chi connectivity index (χ0) is 26.8. The second-order valence-corrected chi connectivity index (χ2v) is 11.7. The highest BCUT2D eigenvalue weighted by Gasteiger charge is 2.46. The van der Waals surface area contributed by atoms with Crippen molar-refractivity contribution in [3.05, 3.63) is 108 Å². The molecule has 4 rings (SSSR count). The van der Waals surface area contributed by atoms with Gasteiger partial charge in [0.05, 0.1) is 5.54 Å². The number of rotatable bonds is 7. The van der Waals surface area contributed by atoms with Crippen LogP contribution in [0.1, 0.15) is 64.7 Å². The van der Waals surface area contributed by atoms with E-state index in [1.165, 1.54) is 0 Å². The Balaban J connectivity index is 1.85. The lowest BCUT2D eigenvalue weighted by atomic mass is 9.79. The Bertz CT molecular complexity index is 1260. The van der Waals surface area contributed by atoms with Crippen LogP contribution in [0.4, 0.5) is 0 Å². The van der Waals surface area contributed by atoms with Crippen molar-refractivity contribution in [3.63, 3.8) is 0 Å². The van der Waals surface area contributed by atoms with Gasteiger partial charge < -0.3 is 4.74 Å². The van der Waals surface area contributed by atoms with Gasteiger partial charge in [-0.1, -0.05) is 106 Å². The van der Waals surface area contributed by atoms with Crippen LogP contribution in [0.5, 0.6) is 0 Å². The SMILES string of the molecule is CC(C)(C)OC(=O)[C@H](C/C=C/C(=O)C(C)(C)C)NC1(c2ccccc2)c2ccccc2-c2ccccc21. The fourth-order valence-corrected chi connectivity index (χ4v) is 4.88. The maximum Gasteiger partial charge on any atom is 0.324 e. The lowest BCUT2D eigenvalue weighted by Gasteiger charge is -2.37. The minimum atomic E-state index is -0.766. The van der Waals surface area contributed by atoms with Gasteiger partial charge in [0.15, 0.2) is 5.78 Å². The van der Waals surface area contributed by atoms with E-state index in [9.17, 15) is 9.59 Å². The number of ketones is 1. The van der Waals surface area contributed by atoms with E-state index >= 15 is 0 Å². The summed E-state index contributed by atoms with van der Waals surface area (Å²) in [6.07, 6.45) is 3.70. The van der Waals surface area contributed by atoms with E-state index < -0.39 is 22.6 Å². The number of allylic oxidation sites excluding steroid dienone is 1. The van der Waals surface area contributed by atoms with E-state index in [0.29, 0.717) is 6.42 Å². The third-order valence-electron chi connectivity index (χ3n) is 6.62. The molecule has 1 aliphatic carbocycles. The number of benzene rings is 3. The fraction of sp³-hybridized carbons (Fsp3) is 0.333. The third-order valence-corrected chi connectivity index (χ3v) is 6.62. The summed E-state index contributed by atoms with van der Waals surface area (Å²) in [5.74, 6) is -0.331. The van der Waals surface area contributed by atoms with Crippen LogP contribution in [0.25, 0.3) is 11.1 Å². The number of esters is 1. The highest BCUT2D eigenvalue weighted by atomic mass is 16.6. The normalized spacial score (nSPS) is 15.2. The summed E-state index contributed by atoms with van der Waals surface area (Å²) in [7, 11) is 0. The van der Waals surface area contributed by atoms with E-state index in [1.807, 2.05) is 84.0 Å². The molecule has 37 heavy (non-hydrogen) atoms. The van der Waals surface area contributed by atoms with Crippen molar-refractivity contribution in [2.75, 3.05) is 0 Å². The first kappa shape index (κ1) is 26.6. The maximum atomic E-state index is 13.6. The molecule has 192 valence electrons. The molecule has 1 aliphatic rings. The molecule has 0 saturated carbocycles. The molecule has 3 aromatic carbocycles. The van der Waals surface area contributed by atoms with Gasteiger partial charge in [0.25, 0.3) is 0 Å². The molecule has 0 saturated heterocycles. The first-order chi connectivity index (χ1) is 17.4. The van der Waals surface area contributed by atoms with Gasteiger partial charge in [0.1, 0.15) is 11.6 Å². The van der Waals surface area contributed by atoms with Gasteiger partial charge in [-0.3, -0.25) is 14.9 Å². The van der Waals surface area contributed by atoms with E-state index in [0.717, 1.165) is 27.8 Å². The molecule has 0 fully saturated rings. The summed E-state index contributed by atoms with van der Waals surface area (Å²) < 4.78 is 5.87. The van der Waals surface area contributed by atoms with Crippen LogP contribution in [0.3, 0.4) is 0 Å². The standard InChI is InChI=1S/C33H37NO3/c1-31(2,3)29(35)22-14-21-28(30(36)37-32(4,5)6)34-33(23-15-8-7-9-16-23)26-19-12-10-17-24(26)25-18-11-13-20-27(25)33/h7-20,22,28,34H,21H2,1-6H3/b22-14+/t28-/m0/s1. The second kappa shape index (κ2) is 10.1. The molecule has 3 aromatic rings. The van der Waals surface area contributed by atoms with Crippen molar-refractivity contribution >= 4 is 11.8 Å². The van der Waals surface area contributed by atoms with Crippen LogP contribution >= 0.6 is 0 Å². The first-order valence-electron chi connectivity index (χ1n) is 12.9. The van der Waals surface area contributed by atoms with Gasteiger partial charge in [-0.05, 0) is 61.1 Å². The number of carbonyl (C=O) groups excluding carboxylic acids is 2. The summed E-state index contributed by atoms with van der Waals surface area (Å²) in [6.45, 7) is 11.3. The van der Waals surface area contributed by atoms with Gasteiger partial charge >= 0.3 is 5.97 Å². The first-order valence-corrected chi connectivity index (χ1v) is 12.9. The lowest BCUT2D eigenvalue weighted by molar-refractivity contribution is -0.157. The average molecular weight is 496 g/mol. The van der Waals surface area contributed by atoms with Crippen LogP contribution in [-0.4, -0.2) is 23.4 Å². The van der Waals surface area contributed by atoms with Gasteiger partial charge in [0, 0.05) is 5.41 Å². The van der Waals surface area contributed by atoms with Crippen molar-refractivity contribution in [2.45, 2.75) is 65.1 Å². The Morgan fingerprint density at radius 1 is 0.811 bits per heavy atom. The number of ether oxygens (including phenoxy) is 1. The Hall–Kier alpha value is -3.50. The highest BCUT2D eigenvalue weighted by Crippen LogP contribution is 2.51. The smallest absolute Gasteiger partial charge is 0.324 e. The quantitative estimate of drug-likeness (QED) is 0.289. The largest absolute Gasteiger partial charge is 0.459 e. The second-order valence-electron chi connectivity index (χ2n) is 11.7. The topological polar surface area (TPSA) is 55.4 Å². The predicted octanol–water partition coefficient (Wildman–Crippen LogP) is 6.82. The van der Waals surface area contributed by atoms with Gasteiger partial charge in [-0.2, -0.15) is 0 Å². The Labute approximate surface area is 220 Å². The molecular formula is C33H37NO3. The molecule has 0 aliphatic heterocycles. The van der Waals surface area contributed by atoms with Crippen molar-refractivity contribution in [1.82, 2.24) is 5.32 Å². The van der Waals surface area contributed by atoms with Crippen LogP contribution in [0, 0.1) is 5.41 Å². The van der Waals surface area contributed by atoms with E-state index in [4.69, 9.17) is 4.74 Å². The van der Waals surface area contributed by atoms with Crippen molar-refractivity contribution in [2.24, 2.45) is 5.41 Å². The minimum absolute atomic E-state index is 0.0183. The van der Waals surface area contributed by atoms with Crippen LogP contribution in [-0.2, 0) is 19.9 Å². The average Bonchev–Trinajstić information content (AvgIpc) is 3.13. The number of hydrogen-bond donors (Lipinski definition) is 1. The number of hydrogen-bond acceptors (Lipinski definition) is 4. The molecule has 0 radical (unpaired) electrons. The van der Waals surface area contributed by atoms with Crippen LogP contribution in [0.15, 0.2) is 91.0 Å². The van der Waals surface area contributed by atoms with E-state index in [-0.39, 0.29) is 11.8 Å². The zero-order valence-corrected chi connectivity index (χ0v) is 22.7. The summed E-state index contributed by atoms with van der Waals surface area (Å²) in [6, 6.07) is 26.2. The predicted molar refractivity (Wildman–Crippen MR) is 149 cm³/mol.